The third-order valence-corrected chi connectivity index (χ3v) is 5.18. The summed E-state index contributed by atoms with van der Waals surface area (Å²) in [4.78, 5) is 3.37. The van der Waals surface area contributed by atoms with Gasteiger partial charge in [0.15, 0.2) is 5.17 Å². The summed E-state index contributed by atoms with van der Waals surface area (Å²) in [6.07, 6.45) is 2.09. The molecule has 0 saturated heterocycles. The predicted molar refractivity (Wildman–Crippen MR) is 93.3 cm³/mol. The molecule has 1 aromatic carbocycles. The van der Waals surface area contributed by atoms with E-state index in [2.05, 4.69) is 44.5 Å². The highest BCUT2D eigenvalue weighted by Crippen LogP contribution is 2.37. The number of fused-ring (bicyclic) bond motifs is 1. The van der Waals surface area contributed by atoms with Crippen molar-refractivity contribution in [1.29, 1.82) is 0 Å². The van der Waals surface area contributed by atoms with Gasteiger partial charge in [-0.05, 0) is 35.7 Å². The second-order valence-corrected chi connectivity index (χ2v) is 6.53. The molecular formula is C16H13N3OS2. The van der Waals surface area contributed by atoms with Crippen molar-refractivity contribution >= 4 is 39.7 Å². The van der Waals surface area contributed by atoms with Crippen molar-refractivity contribution in [2.45, 2.75) is 0 Å². The highest BCUT2D eigenvalue weighted by Gasteiger charge is 2.26. The lowest BCUT2D eigenvalue weighted by molar-refractivity contribution is 0.415. The van der Waals surface area contributed by atoms with Crippen molar-refractivity contribution in [3.63, 3.8) is 0 Å². The molecule has 2 aliphatic rings. The van der Waals surface area contributed by atoms with E-state index in [-0.39, 0.29) is 0 Å². The first kappa shape index (κ1) is 13.5. The molecule has 4 nitrogen and oxygen atoms in total. The molecule has 0 unspecified atom stereocenters. The quantitative estimate of drug-likeness (QED) is 0.925. The van der Waals surface area contributed by atoms with Crippen LogP contribution in [-0.4, -0.2) is 17.2 Å². The highest BCUT2D eigenvalue weighted by molar-refractivity contribution is 8.16. The summed E-state index contributed by atoms with van der Waals surface area (Å²) in [5.41, 5.74) is 6.34. The maximum atomic E-state index is 5.20. The van der Waals surface area contributed by atoms with E-state index < -0.39 is 0 Å². The molecule has 6 heteroatoms. The van der Waals surface area contributed by atoms with Crippen LogP contribution >= 0.6 is 23.1 Å². The summed E-state index contributed by atoms with van der Waals surface area (Å²) >= 11 is 3.36. The van der Waals surface area contributed by atoms with E-state index in [9.17, 15) is 0 Å². The van der Waals surface area contributed by atoms with Crippen molar-refractivity contribution in [1.82, 2.24) is 10.3 Å². The summed E-state index contributed by atoms with van der Waals surface area (Å²) < 4.78 is 5.20. The number of ether oxygens (including phenoxy) is 1. The first-order chi connectivity index (χ1) is 10.8. The van der Waals surface area contributed by atoms with Crippen molar-refractivity contribution in [2.24, 2.45) is 5.10 Å². The molecule has 2 aromatic rings. The van der Waals surface area contributed by atoms with E-state index >= 15 is 0 Å². The number of rotatable bonds is 3. The molecule has 1 N–H and O–H groups in total. The third-order valence-electron chi connectivity index (χ3n) is 3.45. The van der Waals surface area contributed by atoms with Gasteiger partial charge in [-0.1, -0.05) is 17.8 Å². The van der Waals surface area contributed by atoms with Crippen LogP contribution in [-0.2, 0) is 0 Å². The second-order valence-electron chi connectivity index (χ2n) is 4.75. The summed E-state index contributed by atoms with van der Waals surface area (Å²) in [5, 5.41) is 9.63. The largest absolute Gasteiger partial charge is 0.497 e. The molecule has 1 aromatic heterocycles. The predicted octanol–water partition coefficient (Wildman–Crippen LogP) is 3.98. The van der Waals surface area contributed by atoms with Gasteiger partial charge in [0.2, 0.25) is 0 Å². The Morgan fingerprint density at radius 2 is 2.05 bits per heavy atom. The Morgan fingerprint density at radius 3 is 2.77 bits per heavy atom. The summed E-state index contributed by atoms with van der Waals surface area (Å²) in [6.45, 7) is 0. The fraction of sp³-hybridized carbons (Fsp3) is 0.0625. The minimum atomic E-state index is 0.847. The standard InChI is InChI=1S/C16H13N3OS2/c1-20-12-6-4-11(5-7-12)13-9-19-14(15-3-2-8-21-15)10-22-16(19)18-17-13/h2-10,17H,1H3. The van der Waals surface area contributed by atoms with E-state index in [1.165, 1.54) is 10.6 Å². The topological polar surface area (TPSA) is 36.9 Å². The fourth-order valence-corrected chi connectivity index (χ4v) is 3.94. The van der Waals surface area contributed by atoms with Crippen LogP contribution in [0.1, 0.15) is 10.4 Å². The smallest absolute Gasteiger partial charge is 0.196 e. The van der Waals surface area contributed by atoms with E-state index in [1.807, 2.05) is 24.3 Å². The Balaban J connectivity index is 1.66. The summed E-state index contributed by atoms with van der Waals surface area (Å²) in [7, 11) is 1.67. The Labute approximate surface area is 136 Å². The van der Waals surface area contributed by atoms with Gasteiger partial charge in [-0.3, -0.25) is 10.3 Å². The van der Waals surface area contributed by atoms with Gasteiger partial charge in [0.1, 0.15) is 5.75 Å². The van der Waals surface area contributed by atoms with Crippen LogP contribution in [0.5, 0.6) is 5.75 Å². The van der Waals surface area contributed by atoms with Crippen LogP contribution in [0.15, 0.2) is 58.5 Å². The zero-order chi connectivity index (χ0) is 14.9. The molecule has 0 bridgehead atoms. The molecule has 22 heavy (non-hydrogen) atoms. The average molecular weight is 327 g/mol. The zero-order valence-corrected chi connectivity index (χ0v) is 13.4. The van der Waals surface area contributed by atoms with Gasteiger partial charge in [0, 0.05) is 17.2 Å². The van der Waals surface area contributed by atoms with E-state index in [0.29, 0.717) is 0 Å². The van der Waals surface area contributed by atoms with Crippen LogP contribution in [0.25, 0.3) is 11.4 Å². The number of benzene rings is 1. The van der Waals surface area contributed by atoms with E-state index in [1.54, 1.807) is 30.2 Å². The summed E-state index contributed by atoms with van der Waals surface area (Å²) in [6, 6.07) is 12.1. The van der Waals surface area contributed by atoms with Gasteiger partial charge in [0.05, 0.1) is 23.4 Å². The molecule has 3 heterocycles. The molecule has 0 spiro atoms. The van der Waals surface area contributed by atoms with Crippen molar-refractivity contribution < 1.29 is 4.74 Å². The number of thiophene rings is 1. The van der Waals surface area contributed by atoms with Crippen molar-refractivity contribution in [3.05, 3.63) is 63.8 Å². The van der Waals surface area contributed by atoms with Crippen LogP contribution in [0.4, 0.5) is 0 Å². The average Bonchev–Trinajstić information content (AvgIpc) is 3.23. The number of nitrogens with zero attached hydrogens (tertiary/aromatic N) is 2. The lowest BCUT2D eigenvalue weighted by atomic mass is 10.1. The van der Waals surface area contributed by atoms with Gasteiger partial charge in [-0.15, -0.1) is 16.4 Å². The Hall–Kier alpha value is -2.18. The molecular weight excluding hydrogens is 314 g/mol. The zero-order valence-electron chi connectivity index (χ0n) is 11.8. The third kappa shape index (κ3) is 2.30. The van der Waals surface area contributed by atoms with Gasteiger partial charge < -0.3 is 4.74 Å². The number of thioether (sulfide) groups is 1. The first-order valence-corrected chi connectivity index (χ1v) is 8.51. The van der Waals surface area contributed by atoms with E-state index in [0.717, 1.165) is 22.2 Å². The highest BCUT2D eigenvalue weighted by atomic mass is 32.2. The monoisotopic (exact) mass is 327 g/mol. The molecule has 0 atom stereocenters. The SMILES string of the molecule is COc1ccc(C2=CN3C(c4cccs4)=CSC3=NN2)cc1. The molecule has 0 amide bonds. The van der Waals surface area contributed by atoms with Crippen molar-refractivity contribution in [2.75, 3.05) is 7.11 Å². The minimum absolute atomic E-state index is 0.847. The maximum Gasteiger partial charge on any atom is 0.196 e. The number of nitrogens with one attached hydrogen (secondary N) is 1. The second kappa shape index (κ2) is 5.55. The van der Waals surface area contributed by atoms with Crippen LogP contribution < -0.4 is 10.2 Å². The lowest BCUT2D eigenvalue weighted by Gasteiger charge is -2.23. The Bertz CT molecular complexity index is 776. The fourth-order valence-electron chi connectivity index (χ4n) is 2.31. The molecule has 0 radical (unpaired) electrons. The molecule has 0 fully saturated rings. The molecule has 110 valence electrons. The van der Waals surface area contributed by atoms with Gasteiger partial charge in [-0.25, -0.2) is 0 Å². The van der Waals surface area contributed by atoms with Crippen molar-refractivity contribution in [3.8, 4) is 5.75 Å². The van der Waals surface area contributed by atoms with Gasteiger partial charge in [0.25, 0.3) is 0 Å². The molecule has 0 aliphatic carbocycles. The Morgan fingerprint density at radius 1 is 1.18 bits per heavy atom. The van der Waals surface area contributed by atoms with Crippen LogP contribution in [0.3, 0.4) is 0 Å². The number of hydrazone groups is 1. The number of amidine groups is 1. The van der Waals surface area contributed by atoms with E-state index in [4.69, 9.17) is 4.74 Å². The summed E-state index contributed by atoms with van der Waals surface area (Å²) in [5.74, 6) is 0.847. The van der Waals surface area contributed by atoms with Gasteiger partial charge >= 0.3 is 0 Å². The number of hydrogen-bond donors (Lipinski definition) is 1. The number of methoxy groups -OCH3 is 1. The van der Waals surface area contributed by atoms with Crippen LogP contribution in [0.2, 0.25) is 0 Å². The van der Waals surface area contributed by atoms with Gasteiger partial charge in [-0.2, -0.15) is 0 Å². The maximum absolute atomic E-state index is 5.20. The van der Waals surface area contributed by atoms with Crippen LogP contribution in [0, 0.1) is 0 Å². The molecule has 4 rings (SSSR count). The first-order valence-electron chi connectivity index (χ1n) is 6.75. The lowest BCUT2D eigenvalue weighted by Crippen LogP contribution is -2.26. The molecule has 2 aliphatic heterocycles. The number of hydrogen-bond acceptors (Lipinski definition) is 6. The minimum Gasteiger partial charge on any atom is -0.497 e. The Kier molecular flexibility index (Phi) is 3.40. The molecule has 0 saturated carbocycles. The normalized spacial score (nSPS) is 16.4.